The fourth-order valence-electron chi connectivity index (χ4n) is 3.31. The highest BCUT2D eigenvalue weighted by Crippen LogP contribution is 2.46. The number of methoxy groups -OCH3 is 1. The Hall–Kier alpha value is -1.33. The molecule has 0 radical (unpaired) electrons. The summed E-state index contributed by atoms with van der Waals surface area (Å²) in [6.45, 7) is 8.37. The van der Waals surface area contributed by atoms with Crippen molar-refractivity contribution in [3.8, 4) is 5.75 Å². The zero-order valence-electron chi connectivity index (χ0n) is 13.4. The van der Waals surface area contributed by atoms with Crippen molar-refractivity contribution in [2.45, 2.75) is 50.9 Å². The number of nitrogens with one attached hydrogen (secondary N) is 1. The summed E-state index contributed by atoms with van der Waals surface area (Å²) in [7, 11) is 1.56. The molecule has 1 atom stereocenters. The van der Waals surface area contributed by atoms with Crippen LogP contribution in [0.25, 0.3) is 0 Å². The average molecular weight is 296 g/mol. The standard InChI is InChI=1S/C16H25FN2O2/c1-14(2)9-16(10-18,15(3,4)21-14)19-13-8-11(20-5)6-7-12(13)17/h6-8,19H,9-10,18H2,1-5H3. The molecule has 0 aromatic heterocycles. The Balaban J connectivity index is 2.39. The largest absolute Gasteiger partial charge is 0.497 e. The molecule has 3 N–H and O–H groups in total. The third kappa shape index (κ3) is 2.85. The van der Waals surface area contributed by atoms with Crippen molar-refractivity contribution in [2.24, 2.45) is 5.73 Å². The van der Waals surface area contributed by atoms with E-state index in [1.54, 1.807) is 19.2 Å². The first-order valence-corrected chi connectivity index (χ1v) is 7.17. The molecule has 0 spiro atoms. The first kappa shape index (κ1) is 16.0. The minimum Gasteiger partial charge on any atom is -0.497 e. The number of halogens is 1. The number of nitrogens with two attached hydrogens (primary N) is 1. The van der Waals surface area contributed by atoms with E-state index in [9.17, 15) is 4.39 Å². The number of hydrogen-bond donors (Lipinski definition) is 2. The third-order valence-electron chi connectivity index (χ3n) is 4.31. The molecule has 2 rings (SSSR count). The van der Waals surface area contributed by atoms with Gasteiger partial charge in [-0.25, -0.2) is 4.39 Å². The Morgan fingerprint density at radius 1 is 1.33 bits per heavy atom. The summed E-state index contributed by atoms with van der Waals surface area (Å²) >= 11 is 0. The Labute approximate surface area is 125 Å². The van der Waals surface area contributed by atoms with Gasteiger partial charge in [-0.2, -0.15) is 0 Å². The average Bonchev–Trinajstić information content (AvgIpc) is 2.57. The number of anilines is 1. The van der Waals surface area contributed by atoms with E-state index in [0.717, 1.165) is 0 Å². The summed E-state index contributed by atoms with van der Waals surface area (Å²) < 4.78 is 25.4. The van der Waals surface area contributed by atoms with Gasteiger partial charge in [0.2, 0.25) is 0 Å². The molecule has 0 aliphatic carbocycles. The van der Waals surface area contributed by atoms with Crippen molar-refractivity contribution in [1.82, 2.24) is 0 Å². The SMILES string of the molecule is COc1ccc(F)c(NC2(CN)CC(C)(C)OC2(C)C)c1. The Morgan fingerprint density at radius 3 is 2.48 bits per heavy atom. The molecular weight excluding hydrogens is 271 g/mol. The first-order chi connectivity index (χ1) is 9.65. The van der Waals surface area contributed by atoms with Crippen molar-refractivity contribution >= 4 is 5.69 Å². The van der Waals surface area contributed by atoms with Crippen molar-refractivity contribution in [3.05, 3.63) is 24.0 Å². The van der Waals surface area contributed by atoms with Crippen LogP contribution in [0.4, 0.5) is 10.1 Å². The predicted octanol–water partition coefficient (Wildman–Crippen LogP) is 2.92. The molecule has 1 aromatic rings. The highest BCUT2D eigenvalue weighted by atomic mass is 19.1. The number of ether oxygens (including phenoxy) is 2. The molecule has 1 fully saturated rings. The summed E-state index contributed by atoms with van der Waals surface area (Å²) in [6, 6.07) is 4.63. The molecule has 1 aliphatic heterocycles. The van der Waals surface area contributed by atoms with Crippen LogP contribution in [-0.4, -0.2) is 30.4 Å². The summed E-state index contributed by atoms with van der Waals surface area (Å²) in [5.41, 5.74) is 5.06. The molecule has 1 aliphatic rings. The fourth-order valence-corrected chi connectivity index (χ4v) is 3.31. The Kier molecular flexibility index (Phi) is 3.93. The van der Waals surface area contributed by atoms with Crippen molar-refractivity contribution in [2.75, 3.05) is 19.0 Å². The van der Waals surface area contributed by atoms with Gasteiger partial charge in [0.25, 0.3) is 0 Å². The van der Waals surface area contributed by atoms with Crippen LogP contribution in [-0.2, 0) is 4.74 Å². The molecule has 118 valence electrons. The van der Waals surface area contributed by atoms with E-state index in [2.05, 4.69) is 5.32 Å². The summed E-state index contributed by atoms with van der Waals surface area (Å²) in [4.78, 5) is 0. The second-order valence-electron chi connectivity index (χ2n) is 6.81. The molecule has 0 saturated carbocycles. The molecule has 1 heterocycles. The minimum atomic E-state index is -0.538. The Morgan fingerprint density at radius 2 is 2.00 bits per heavy atom. The van der Waals surface area contributed by atoms with E-state index in [-0.39, 0.29) is 11.4 Å². The van der Waals surface area contributed by atoms with Gasteiger partial charge >= 0.3 is 0 Å². The smallest absolute Gasteiger partial charge is 0.146 e. The monoisotopic (exact) mass is 296 g/mol. The highest BCUT2D eigenvalue weighted by Gasteiger charge is 2.56. The van der Waals surface area contributed by atoms with Crippen LogP contribution >= 0.6 is 0 Å². The topological polar surface area (TPSA) is 56.5 Å². The highest BCUT2D eigenvalue weighted by molar-refractivity contribution is 5.53. The van der Waals surface area contributed by atoms with Crippen LogP contribution in [0.2, 0.25) is 0 Å². The first-order valence-electron chi connectivity index (χ1n) is 7.17. The van der Waals surface area contributed by atoms with Gasteiger partial charge in [-0.1, -0.05) is 0 Å². The van der Waals surface area contributed by atoms with Crippen LogP contribution in [0.15, 0.2) is 18.2 Å². The molecule has 1 unspecified atom stereocenters. The quantitative estimate of drug-likeness (QED) is 0.897. The third-order valence-corrected chi connectivity index (χ3v) is 4.31. The summed E-state index contributed by atoms with van der Waals surface area (Å²) in [6.07, 6.45) is 0.695. The predicted molar refractivity (Wildman–Crippen MR) is 82.2 cm³/mol. The maximum Gasteiger partial charge on any atom is 0.146 e. The molecule has 21 heavy (non-hydrogen) atoms. The van der Waals surface area contributed by atoms with Gasteiger partial charge in [0.05, 0.1) is 29.5 Å². The van der Waals surface area contributed by atoms with E-state index in [1.807, 2.05) is 27.7 Å². The second kappa shape index (κ2) is 5.14. The van der Waals surface area contributed by atoms with Crippen LogP contribution in [0.5, 0.6) is 5.75 Å². The minimum absolute atomic E-state index is 0.314. The van der Waals surface area contributed by atoms with Gasteiger partial charge < -0.3 is 20.5 Å². The lowest BCUT2D eigenvalue weighted by Crippen LogP contribution is -2.57. The zero-order chi connectivity index (χ0) is 15.9. The van der Waals surface area contributed by atoms with Gasteiger partial charge in [0.1, 0.15) is 11.6 Å². The second-order valence-corrected chi connectivity index (χ2v) is 6.81. The van der Waals surface area contributed by atoms with Crippen molar-refractivity contribution < 1.29 is 13.9 Å². The lowest BCUT2D eigenvalue weighted by atomic mass is 9.78. The summed E-state index contributed by atoms with van der Waals surface area (Å²) in [5, 5.41) is 3.29. The molecule has 1 saturated heterocycles. The fraction of sp³-hybridized carbons (Fsp3) is 0.625. The van der Waals surface area contributed by atoms with Gasteiger partial charge in [0, 0.05) is 19.0 Å². The number of benzene rings is 1. The van der Waals surface area contributed by atoms with E-state index < -0.39 is 11.1 Å². The van der Waals surface area contributed by atoms with Crippen molar-refractivity contribution in [3.63, 3.8) is 0 Å². The summed E-state index contributed by atoms with van der Waals surface area (Å²) in [5.74, 6) is 0.270. The zero-order valence-corrected chi connectivity index (χ0v) is 13.4. The van der Waals surface area contributed by atoms with Crippen LogP contribution in [0.1, 0.15) is 34.1 Å². The van der Waals surface area contributed by atoms with Gasteiger partial charge in [-0.3, -0.25) is 0 Å². The van der Waals surface area contributed by atoms with E-state index in [1.165, 1.54) is 6.07 Å². The van der Waals surface area contributed by atoms with Gasteiger partial charge in [0.15, 0.2) is 0 Å². The number of rotatable bonds is 4. The molecule has 1 aromatic carbocycles. The molecule has 0 amide bonds. The van der Waals surface area contributed by atoms with Gasteiger partial charge in [-0.05, 0) is 39.8 Å². The van der Waals surface area contributed by atoms with Crippen LogP contribution in [0.3, 0.4) is 0 Å². The molecule has 0 bridgehead atoms. The molecule has 4 nitrogen and oxygen atoms in total. The molecular formula is C16H25FN2O2. The lowest BCUT2D eigenvalue weighted by molar-refractivity contribution is -0.0753. The normalized spacial score (nSPS) is 26.6. The van der Waals surface area contributed by atoms with E-state index in [0.29, 0.717) is 24.4 Å². The lowest BCUT2D eigenvalue weighted by Gasteiger charge is -2.40. The van der Waals surface area contributed by atoms with E-state index >= 15 is 0 Å². The van der Waals surface area contributed by atoms with Gasteiger partial charge in [-0.15, -0.1) is 0 Å². The van der Waals surface area contributed by atoms with E-state index in [4.69, 9.17) is 15.2 Å². The maximum atomic E-state index is 14.1. The maximum absolute atomic E-state index is 14.1. The van der Waals surface area contributed by atoms with Crippen molar-refractivity contribution in [1.29, 1.82) is 0 Å². The molecule has 5 heteroatoms. The number of hydrogen-bond acceptors (Lipinski definition) is 4. The van der Waals surface area contributed by atoms with Crippen LogP contribution < -0.4 is 15.8 Å². The Bertz CT molecular complexity index is 531. The van der Waals surface area contributed by atoms with Crippen LogP contribution in [0, 0.1) is 5.82 Å².